The maximum Gasteiger partial charge on any atom is 0.190 e. The molecular weight excluding hydrogens is 342 g/mol. The van der Waals surface area contributed by atoms with Crippen molar-refractivity contribution >= 4 is 23.1 Å². The minimum Gasteiger partial charge on any atom is -0.398 e. The van der Waals surface area contributed by atoms with Crippen LogP contribution in [0.25, 0.3) is 11.4 Å². The third-order valence-electron chi connectivity index (χ3n) is 4.35. The average molecular weight is 366 g/mol. The number of nitrogens with zero attached hydrogens (tertiary/aromatic N) is 3. The number of hydrogen-bond acceptors (Lipinski definition) is 6. The normalized spacial score (nSPS) is 20.8. The lowest BCUT2D eigenvalue weighted by Gasteiger charge is -2.43. The molecule has 136 valence electrons. The van der Waals surface area contributed by atoms with Gasteiger partial charge in [0.1, 0.15) is 11.5 Å². The van der Waals surface area contributed by atoms with Crippen LogP contribution in [0, 0.1) is 0 Å². The molecule has 0 radical (unpaired) electrons. The molecule has 1 aromatic carbocycles. The highest BCUT2D eigenvalue weighted by atomic mass is 35.5. The first-order chi connectivity index (χ1) is 12.0. The summed E-state index contributed by atoms with van der Waals surface area (Å²) >= 11 is 5.97. The van der Waals surface area contributed by atoms with Crippen LogP contribution in [-0.2, 0) is 0 Å². The molecular formula is C17H24ClN5O2. The molecule has 1 aliphatic rings. The molecule has 2 heterocycles. The Morgan fingerprint density at radius 2 is 1.96 bits per heavy atom. The Hall–Kier alpha value is -1.80. The van der Waals surface area contributed by atoms with Gasteiger partial charge in [-0.05, 0) is 31.0 Å². The van der Waals surface area contributed by atoms with Crippen LogP contribution < -0.4 is 10.6 Å². The number of benzene rings is 1. The van der Waals surface area contributed by atoms with Crippen LogP contribution in [0.2, 0.25) is 5.02 Å². The summed E-state index contributed by atoms with van der Waals surface area (Å²) in [7, 11) is 0. The average Bonchev–Trinajstić information content (AvgIpc) is 3.00. The number of nitrogens with one attached hydrogen (secondary N) is 1. The topological polar surface area (TPSA) is 102 Å². The fraction of sp³-hybridized carbons (Fsp3) is 0.471. The van der Waals surface area contributed by atoms with Crippen molar-refractivity contribution < 1.29 is 10.2 Å². The zero-order valence-corrected chi connectivity index (χ0v) is 15.2. The summed E-state index contributed by atoms with van der Waals surface area (Å²) in [5.41, 5.74) is 7.84. The lowest BCUT2D eigenvalue weighted by molar-refractivity contribution is -0.114. The minimum absolute atomic E-state index is 0.501. The van der Waals surface area contributed by atoms with E-state index in [0.29, 0.717) is 46.7 Å². The molecule has 0 bridgehead atoms. The van der Waals surface area contributed by atoms with Crippen LogP contribution in [-0.4, -0.2) is 44.5 Å². The highest BCUT2D eigenvalue weighted by Gasteiger charge is 2.39. The van der Waals surface area contributed by atoms with Gasteiger partial charge in [-0.3, -0.25) is 0 Å². The van der Waals surface area contributed by atoms with E-state index >= 15 is 0 Å². The Kier molecular flexibility index (Phi) is 5.19. The second kappa shape index (κ2) is 7.21. The Balaban J connectivity index is 2.07. The van der Waals surface area contributed by atoms with Crippen molar-refractivity contribution in [1.82, 2.24) is 14.9 Å². The van der Waals surface area contributed by atoms with E-state index in [4.69, 9.17) is 17.3 Å². The van der Waals surface area contributed by atoms with Gasteiger partial charge in [-0.1, -0.05) is 25.4 Å². The number of nitrogens with two attached hydrogens (primary N) is 1. The summed E-state index contributed by atoms with van der Waals surface area (Å²) in [6.45, 7) is 5.24. The number of aliphatic hydroxyl groups excluding tert-OH is 2. The van der Waals surface area contributed by atoms with Crippen molar-refractivity contribution in [3.05, 3.63) is 28.9 Å². The lowest BCUT2D eigenvalue weighted by Crippen LogP contribution is -2.54. The molecule has 25 heavy (non-hydrogen) atoms. The summed E-state index contributed by atoms with van der Waals surface area (Å²) < 4.78 is 0. The first kappa shape index (κ1) is 18.0. The van der Waals surface area contributed by atoms with Gasteiger partial charge in [0.2, 0.25) is 0 Å². The van der Waals surface area contributed by atoms with E-state index in [1.807, 2.05) is 13.8 Å². The third-order valence-corrected chi connectivity index (χ3v) is 4.58. The third kappa shape index (κ3) is 3.20. The van der Waals surface area contributed by atoms with Gasteiger partial charge in [-0.15, -0.1) is 0 Å². The Morgan fingerprint density at radius 1 is 1.24 bits per heavy atom. The van der Waals surface area contributed by atoms with Gasteiger partial charge in [0, 0.05) is 29.4 Å². The SMILES string of the molecule is CCCN1c2nc(-c3ccc(Cl)cc3N)[nH]c2C(O)N(CCC)C1O. The molecule has 3 rings (SSSR count). The van der Waals surface area contributed by atoms with E-state index in [1.54, 1.807) is 28.0 Å². The molecule has 0 spiro atoms. The Morgan fingerprint density at radius 3 is 2.60 bits per heavy atom. The largest absolute Gasteiger partial charge is 0.398 e. The predicted molar refractivity (Wildman–Crippen MR) is 99.0 cm³/mol. The number of fused-ring (bicyclic) bond motifs is 1. The molecule has 0 saturated carbocycles. The highest BCUT2D eigenvalue weighted by molar-refractivity contribution is 6.31. The van der Waals surface area contributed by atoms with Gasteiger partial charge in [0.25, 0.3) is 0 Å². The molecule has 1 aliphatic heterocycles. The molecule has 7 nitrogen and oxygen atoms in total. The number of aliphatic hydroxyl groups is 2. The maximum atomic E-state index is 10.7. The summed E-state index contributed by atoms with van der Waals surface area (Å²) in [4.78, 5) is 11.2. The number of H-pyrrole nitrogens is 1. The van der Waals surface area contributed by atoms with Crippen molar-refractivity contribution in [2.75, 3.05) is 23.7 Å². The number of imidazole rings is 1. The maximum absolute atomic E-state index is 10.7. The number of aromatic amines is 1. The molecule has 0 amide bonds. The fourth-order valence-electron chi connectivity index (χ4n) is 3.19. The summed E-state index contributed by atoms with van der Waals surface area (Å²) in [6.07, 6.45) is -0.208. The monoisotopic (exact) mass is 365 g/mol. The van der Waals surface area contributed by atoms with Crippen LogP contribution >= 0.6 is 11.6 Å². The Labute approximate surface area is 152 Å². The van der Waals surface area contributed by atoms with Gasteiger partial charge >= 0.3 is 0 Å². The molecule has 2 aromatic rings. The molecule has 2 atom stereocenters. The van der Waals surface area contributed by atoms with Crippen LogP contribution in [0.3, 0.4) is 0 Å². The van der Waals surface area contributed by atoms with Crippen LogP contribution in [0.5, 0.6) is 0 Å². The smallest absolute Gasteiger partial charge is 0.190 e. The quantitative estimate of drug-likeness (QED) is 0.607. The molecule has 2 unspecified atom stereocenters. The van der Waals surface area contributed by atoms with E-state index in [0.717, 1.165) is 12.8 Å². The number of hydrogen-bond donors (Lipinski definition) is 4. The van der Waals surface area contributed by atoms with Crippen LogP contribution in [0.15, 0.2) is 18.2 Å². The highest BCUT2D eigenvalue weighted by Crippen LogP contribution is 2.38. The summed E-state index contributed by atoms with van der Waals surface area (Å²) in [5.74, 6) is 1.10. The summed E-state index contributed by atoms with van der Waals surface area (Å²) in [5, 5.41) is 21.9. The minimum atomic E-state index is -0.951. The number of aromatic nitrogens is 2. The van der Waals surface area contributed by atoms with Gasteiger partial charge in [-0.2, -0.15) is 0 Å². The van der Waals surface area contributed by atoms with E-state index in [2.05, 4.69) is 9.97 Å². The van der Waals surface area contributed by atoms with Gasteiger partial charge < -0.3 is 25.8 Å². The lowest BCUT2D eigenvalue weighted by atomic mass is 10.2. The van der Waals surface area contributed by atoms with Crippen molar-refractivity contribution in [1.29, 1.82) is 0 Å². The van der Waals surface area contributed by atoms with E-state index in [-0.39, 0.29) is 0 Å². The zero-order valence-electron chi connectivity index (χ0n) is 14.4. The summed E-state index contributed by atoms with van der Waals surface area (Å²) in [6, 6.07) is 5.20. The first-order valence-electron chi connectivity index (χ1n) is 8.51. The second-order valence-electron chi connectivity index (χ2n) is 6.21. The van der Waals surface area contributed by atoms with Crippen molar-refractivity contribution in [2.45, 2.75) is 39.3 Å². The number of anilines is 2. The van der Waals surface area contributed by atoms with Crippen molar-refractivity contribution in [3.63, 3.8) is 0 Å². The molecule has 8 heteroatoms. The zero-order chi connectivity index (χ0) is 18.1. The van der Waals surface area contributed by atoms with Crippen LogP contribution in [0.1, 0.15) is 38.6 Å². The second-order valence-corrected chi connectivity index (χ2v) is 6.64. The molecule has 0 fully saturated rings. The van der Waals surface area contributed by atoms with Crippen molar-refractivity contribution in [2.24, 2.45) is 0 Å². The predicted octanol–water partition coefficient (Wildman–Crippen LogP) is 2.52. The number of halogens is 1. The van der Waals surface area contributed by atoms with Gasteiger partial charge in [-0.25, -0.2) is 9.88 Å². The first-order valence-corrected chi connectivity index (χ1v) is 8.89. The molecule has 0 aliphatic carbocycles. The number of nitrogen functional groups attached to an aromatic ring is 1. The van der Waals surface area contributed by atoms with E-state index in [1.165, 1.54) is 0 Å². The molecule has 1 aromatic heterocycles. The Bertz CT molecular complexity index is 751. The number of rotatable bonds is 5. The van der Waals surface area contributed by atoms with Crippen molar-refractivity contribution in [3.8, 4) is 11.4 Å². The standard InChI is InChI=1S/C17H24ClN5O2/c1-3-7-22-15-13(16(24)23(8-4-2)17(22)25)20-14(21-15)11-6-5-10(18)9-12(11)19/h5-6,9,16-17,24-25H,3-4,7-8,19H2,1-2H3,(H,20,21). The van der Waals surface area contributed by atoms with Gasteiger partial charge in [0.05, 0.1) is 0 Å². The van der Waals surface area contributed by atoms with E-state index < -0.39 is 12.6 Å². The fourth-order valence-corrected chi connectivity index (χ4v) is 3.37. The van der Waals surface area contributed by atoms with E-state index in [9.17, 15) is 10.2 Å². The molecule has 0 saturated heterocycles. The van der Waals surface area contributed by atoms with Crippen LogP contribution in [0.4, 0.5) is 11.5 Å². The van der Waals surface area contributed by atoms with Gasteiger partial charge in [0.15, 0.2) is 18.4 Å². The molecule has 5 N–H and O–H groups in total.